The van der Waals surface area contributed by atoms with Gasteiger partial charge in [0.2, 0.25) is 0 Å². The molecule has 0 bridgehead atoms. The number of rotatable bonds is 6. The maximum Gasteiger partial charge on any atom is 0.258 e. The number of halogens is 2. The molecule has 1 fully saturated rings. The van der Waals surface area contributed by atoms with Gasteiger partial charge in [-0.1, -0.05) is 19.3 Å². The Morgan fingerprint density at radius 2 is 2.08 bits per heavy atom. The summed E-state index contributed by atoms with van der Waals surface area (Å²) in [5.74, 6) is -1.43. The zero-order valence-corrected chi connectivity index (χ0v) is 13.8. The van der Waals surface area contributed by atoms with Gasteiger partial charge >= 0.3 is 0 Å². The first kappa shape index (κ1) is 17.3. The van der Waals surface area contributed by atoms with Crippen molar-refractivity contribution >= 4 is 5.91 Å². The highest BCUT2D eigenvalue weighted by Crippen LogP contribution is 2.28. The van der Waals surface area contributed by atoms with Crippen LogP contribution in [0.3, 0.4) is 0 Å². The Hall–Kier alpha value is -2.51. The van der Waals surface area contributed by atoms with E-state index in [1.165, 1.54) is 19.3 Å². The van der Waals surface area contributed by atoms with E-state index >= 15 is 0 Å². The van der Waals surface area contributed by atoms with Gasteiger partial charge in [0.05, 0.1) is 6.54 Å². The fourth-order valence-electron chi connectivity index (χ4n) is 3.02. The highest BCUT2D eigenvalue weighted by Gasteiger charge is 2.18. The van der Waals surface area contributed by atoms with Crippen LogP contribution in [0.1, 0.15) is 44.0 Å². The van der Waals surface area contributed by atoms with Gasteiger partial charge in [0, 0.05) is 12.1 Å². The van der Waals surface area contributed by atoms with E-state index < -0.39 is 17.5 Å². The van der Waals surface area contributed by atoms with Crippen LogP contribution in [0.4, 0.5) is 8.78 Å². The Balaban J connectivity index is 1.50. The minimum absolute atomic E-state index is 0.165. The van der Waals surface area contributed by atoms with Crippen LogP contribution < -0.4 is 10.1 Å². The van der Waals surface area contributed by atoms with Crippen LogP contribution in [0.25, 0.3) is 0 Å². The van der Waals surface area contributed by atoms with Crippen LogP contribution >= 0.6 is 0 Å². The molecule has 1 aliphatic rings. The van der Waals surface area contributed by atoms with Crippen LogP contribution in [0, 0.1) is 11.6 Å². The molecule has 0 aliphatic heterocycles. The molecule has 0 radical (unpaired) electrons. The SMILES string of the molecule is O=C(COc1ccc(F)cc1F)NCc1nncn1C1CCCCC1. The first-order chi connectivity index (χ1) is 12.1. The normalized spacial score (nSPS) is 15.1. The monoisotopic (exact) mass is 350 g/mol. The fourth-order valence-corrected chi connectivity index (χ4v) is 3.02. The number of aromatic nitrogens is 3. The van der Waals surface area contributed by atoms with Gasteiger partial charge in [-0.15, -0.1) is 10.2 Å². The highest BCUT2D eigenvalue weighted by atomic mass is 19.1. The van der Waals surface area contributed by atoms with Crippen molar-refractivity contribution in [3.63, 3.8) is 0 Å². The number of amides is 1. The van der Waals surface area contributed by atoms with E-state index in [9.17, 15) is 13.6 Å². The van der Waals surface area contributed by atoms with Gasteiger partial charge < -0.3 is 14.6 Å². The lowest BCUT2D eigenvalue weighted by Crippen LogP contribution is -2.30. The van der Waals surface area contributed by atoms with E-state index in [0.717, 1.165) is 25.0 Å². The molecule has 1 heterocycles. The summed E-state index contributed by atoms with van der Waals surface area (Å²) in [5.41, 5.74) is 0. The number of hydrogen-bond acceptors (Lipinski definition) is 4. The molecule has 6 nitrogen and oxygen atoms in total. The average molecular weight is 350 g/mol. The van der Waals surface area contributed by atoms with Crippen LogP contribution in [0.5, 0.6) is 5.75 Å². The minimum atomic E-state index is -0.843. The Morgan fingerprint density at radius 3 is 2.84 bits per heavy atom. The number of carbonyl (C=O) groups excluding carboxylic acids is 1. The molecule has 0 spiro atoms. The number of hydrogen-bond donors (Lipinski definition) is 1. The van der Waals surface area contributed by atoms with E-state index in [2.05, 4.69) is 15.5 Å². The molecule has 25 heavy (non-hydrogen) atoms. The fraction of sp³-hybridized carbons (Fsp3) is 0.471. The molecule has 1 saturated carbocycles. The molecule has 1 N–H and O–H groups in total. The second-order valence-electron chi connectivity index (χ2n) is 6.09. The van der Waals surface area contributed by atoms with Crippen LogP contribution in [-0.2, 0) is 11.3 Å². The molecule has 1 aromatic carbocycles. The van der Waals surface area contributed by atoms with Crippen molar-refractivity contribution in [2.24, 2.45) is 0 Å². The largest absolute Gasteiger partial charge is 0.481 e. The Bertz CT molecular complexity index is 729. The Kier molecular flexibility index (Phi) is 5.57. The van der Waals surface area contributed by atoms with E-state index in [0.29, 0.717) is 17.9 Å². The summed E-state index contributed by atoms with van der Waals surface area (Å²) in [6, 6.07) is 3.31. The van der Waals surface area contributed by atoms with Crippen molar-refractivity contribution in [1.82, 2.24) is 20.1 Å². The third kappa shape index (κ3) is 4.52. The van der Waals surface area contributed by atoms with Crippen molar-refractivity contribution in [1.29, 1.82) is 0 Å². The summed E-state index contributed by atoms with van der Waals surface area (Å²) in [7, 11) is 0. The van der Waals surface area contributed by atoms with E-state index in [1.807, 2.05) is 4.57 Å². The Morgan fingerprint density at radius 1 is 1.28 bits per heavy atom. The smallest absolute Gasteiger partial charge is 0.258 e. The van der Waals surface area contributed by atoms with Crippen molar-refractivity contribution in [2.45, 2.75) is 44.7 Å². The summed E-state index contributed by atoms with van der Waals surface area (Å²) in [6.07, 6.45) is 7.50. The average Bonchev–Trinajstić information content (AvgIpc) is 3.08. The number of carbonyl (C=O) groups is 1. The predicted molar refractivity (Wildman–Crippen MR) is 85.8 cm³/mol. The summed E-state index contributed by atoms with van der Waals surface area (Å²) < 4.78 is 33.4. The molecule has 8 heteroatoms. The molecule has 3 rings (SSSR count). The van der Waals surface area contributed by atoms with Crippen molar-refractivity contribution in [3.8, 4) is 5.75 Å². The molecule has 1 aromatic heterocycles. The second-order valence-corrected chi connectivity index (χ2v) is 6.09. The lowest BCUT2D eigenvalue weighted by Gasteiger charge is -2.24. The van der Waals surface area contributed by atoms with Crippen LogP contribution in [0.2, 0.25) is 0 Å². The molecule has 2 aromatic rings. The van der Waals surface area contributed by atoms with Gasteiger partial charge in [0.25, 0.3) is 5.91 Å². The quantitative estimate of drug-likeness (QED) is 0.870. The maximum atomic E-state index is 13.5. The number of nitrogens with one attached hydrogen (secondary N) is 1. The summed E-state index contributed by atoms with van der Waals surface area (Å²) >= 11 is 0. The first-order valence-corrected chi connectivity index (χ1v) is 8.36. The summed E-state index contributed by atoms with van der Waals surface area (Å²) in [4.78, 5) is 11.9. The van der Waals surface area contributed by atoms with Gasteiger partial charge in [0.15, 0.2) is 24.0 Å². The van der Waals surface area contributed by atoms with Gasteiger partial charge in [-0.2, -0.15) is 0 Å². The molecule has 0 unspecified atom stereocenters. The summed E-state index contributed by atoms with van der Waals surface area (Å²) in [6.45, 7) is -0.134. The van der Waals surface area contributed by atoms with Crippen LogP contribution in [0.15, 0.2) is 24.5 Å². The minimum Gasteiger partial charge on any atom is -0.481 e. The first-order valence-electron chi connectivity index (χ1n) is 8.36. The van der Waals surface area contributed by atoms with Crippen molar-refractivity contribution in [3.05, 3.63) is 42.0 Å². The van der Waals surface area contributed by atoms with Gasteiger partial charge in [-0.05, 0) is 25.0 Å². The maximum absolute atomic E-state index is 13.5. The third-order valence-corrected chi connectivity index (χ3v) is 4.31. The molecule has 0 saturated heterocycles. The van der Waals surface area contributed by atoms with Gasteiger partial charge in [-0.25, -0.2) is 8.78 Å². The predicted octanol–water partition coefficient (Wildman–Crippen LogP) is 2.76. The summed E-state index contributed by atoms with van der Waals surface area (Å²) in [5, 5.41) is 10.7. The van der Waals surface area contributed by atoms with E-state index in [1.54, 1.807) is 6.33 Å². The number of ether oxygens (including phenoxy) is 1. The van der Waals surface area contributed by atoms with Crippen molar-refractivity contribution < 1.29 is 18.3 Å². The van der Waals surface area contributed by atoms with E-state index in [4.69, 9.17) is 4.74 Å². The van der Waals surface area contributed by atoms with Gasteiger partial charge in [-0.3, -0.25) is 4.79 Å². The van der Waals surface area contributed by atoms with Gasteiger partial charge in [0.1, 0.15) is 12.1 Å². The molecular formula is C17H20F2N4O2. The number of nitrogens with zero attached hydrogens (tertiary/aromatic N) is 3. The standard InChI is InChI=1S/C17H20F2N4O2/c18-12-6-7-15(14(19)8-12)25-10-17(24)20-9-16-22-21-11-23(16)13-4-2-1-3-5-13/h6-8,11,13H,1-5,9-10H2,(H,20,24). The molecule has 1 amide bonds. The lowest BCUT2D eigenvalue weighted by molar-refractivity contribution is -0.123. The third-order valence-electron chi connectivity index (χ3n) is 4.31. The zero-order chi connectivity index (χ0) is 17.6. The Labute approximate surface area is 144 Å². The van der Waals surface area contributed by atoms with E-state index in [-0.39, 0.29) is 18.9 Å². The number of benzene rings is 1. The molecule has 0 atom stereocenters. The highest BCUT2D eigenvalue weighted by molar-refractivity contribution is 5.77. The molecular weight excluding hydrogens is 330 g/mol. The zero-order valence-electron chi connectivity index (χ0n) is 13.8. The molecule has 134 valence electrons. The topological polar surface area (TPSA) is 69.0 Å². The van der Waals surface area contributed by atoms with Crippen molar-refractivity contribution in [2.75, 3.05) is 6.61 Å². The molecule has 1 aliphatic carbocycles. The lowest BCUT2D eigenvalue weighted by atomic mass is 9.95. The second kappa shape index (κ2) is 8.04. The van der Waals surface area contributed by atoms with Crippen LogP contribution in [-0.4, -0.2) is 27.3 Å².